The van der Waals surface area contributed by atoms with E-state index in [9.17, 15) is 0 Å². The molecule has 0 unspecified atom stereocenters. The summed E-state index contributed by atoms with van der Waals surface area (Å²) in [5.74, 6) is 0.936. The van der Waals surface area contributed by atoms with E-state index >= 15 is 0 Å². The molecule has 4 heteroatoms. The number of nitrogens with one attached hydrogen (secondary N) is 1. The van der Waals surface area contributed by atoms with E-state index in [0.29, 0.717) is 12.3 Å². The van der Waals surface area contributed by atoms with Gasteiger partial charge in [-0.25, -0.2) is 0 Å². The summed E-state index contributed by atoms with van der Waals surface area (Å²) in [6.45, 7) is 6.26. The van der Waals surface area contributed by atoms with Crippen LogP contribution in [0.3, 0.4) is 0 Å². The van der Waals surface area contributed by atoms with Gasteiger partial charge in [0.25, 0.3) is 0 Å². The molecule has 2 aromatic rings. The zero-order valence-electron chi connectivity index (χ0n) is 13.8. The predicted molar refractivity (Wildman–Crippen MR) is 102 cm³/mol. The Labute approximate surface area is 144 Å². The van der Waals surface area contributed by atoms with Crippen LogP contribution in [0, 0.1) is 0 Å². The van der Waals surface area contributed by atoms with Crippen molar-refractivity contribution in [1.29, 1.82) is 0 Å². The van der Waals surface area contributed by atoms with Crippen LogP contribution in [-0.2, 0) is 6.54 Å². The molecule has 0 saturated heterocycles. The maximum atomic E-state index is 5.92. The standard InChI is InChI=1S/C20H20BN2O/c1-3-5-7-17(4-2)18-8-6-9-19(14-18)24-20(21)23-15-16-10-12-22-13-11-16/h3-14,23H,1,15H2,2H3/b7-5-,17-4+. The molecule has 0 aliphatic carbocycles. The number of benzene rings is 1. The molecule has 0 spiro atoms. The van der Waals surface area contributed by atoms with Gasteiger partial charge in [0.15, 0.2) is 0 Å². The number of pyridine rings is 1. The van der Waals surface area contributed by atoms with Crippen molar-refractivity contribution in [2.45, 2.75) is 13.5 Å². The van der Waals surface area contributed by atoms with Gasteiger partial charge in [-0.05, 0) is 0 Å². The Morgan fingerprint density at radius 1 is 1.29 bits per heavy atom. The van der Waals surface area contributed by atoms with Gasteiger partial charge in [-0.3, -0.25) is 0 Å². The van der Waals surface area contributed by atoms with Crippen molar-refractivity contribution in [3.05, 3.63) is 90.8 Å². The van der Waals surface area contributed by atoms with E-state index < -0.39 is 0 Å². The fourth-order valence-electron chi connectivity index (χ4n) is 2.12. The van der Waals surface area contributed by atoms with Gasteiger partial charge in [-0.15, -0.1) is 0 Å². The number of rotatable bonds is 8. The maximum absolute atomic E-state index is 5.92. The zero-order chi connectivity index (χ0) is 17.2. The third-order valence-corrected chi connectivity index (χ3v) is 3.33. The van der Waals surface area contributed by atoms with Crippen LogP contribution >= 0.6 is 0 Å². The van der Waals surface area contributed by atoms with Crippen LogP contribution in [0.4, 0.5) is 0 Å². The van der Waals surface area contributed by atoms with Gasteiger partial charge in [0.05, 0.1) is 0 Å². The first-order valence-electron chi connectivity index (χ1n) is 7.72. The molecule has 1 aromatic carbocycles. The number of hydrogen-bond donors (Lipinski definition) is 1. The average molecular weight is 315 g/mol. The van der Waals surface area contributed by atoms with Crippen molar-refractivity contribution in [2.24, 2.45) is 0 Å². The van der Waals surface area contributed by atoms with Gasteiger partial charge < -0.3 is 0 Å². The molecule has 0 amide bonds. The summed E-state index contributed by atoms with van der Waals surface area (Å²) in [5, 5.41) is 3.05. The van der Waals surface area contributed by atoms with Crippen LogP contribution in [0.25, 0.3) is 5.57 Å². The topological polar surface area (TPSA) is 34.2 Å². The van der Waals surface area contributed by atoms with Crippen molar-refractivity contribution in [3.63, 3.8) is 0 Å². The normalized spacial score (nSPS) is 11.2. The van der Waals surface area contributed by atoms with Gasteiger partial charge in [0.2, 0.25) is 0 Å². The molecule has 0 saturated carbocycles. The zero-order valence-corrected chi connectivity index (χ0v) is 13.8. The fourth-order valence-corrected chi connectivity index (χ4v) is 2.12. The monoisotopic (exact) mass is 315 g/mol. The fraction of sp³-hybridized carbons (Fsp3) is 0.100. The first kappa shape index (κ1) is 17.5. The third kappa shape index (κ3) is 5.40. The van der Waals surface area contributed by atoms with Crippen molar-refractivity contribution in [1.82, 2.24) is 10.3 Å². The Balaban J connectivity index is 1.99. The number of nitrogens with zero attached hydrogens (tertiary/aromatic N) is 1. The van der Waals surface area contributed by atoms with Crippen molar-refractivity contribution < 1.29 is 4.74 Å². The number of allylic oxidation sites excluding steroid dienone is 5. The Hall–Kier alpha value is -2.88. The second-order valence-corrected chi connectivity index (χ2v) is 5.04. The van der Waals surface area contributed by atoms with E-state index in [-0.39, 0.29) is 5.77 Å². The summed E-state index contributed by atoms with van der Waals surface area (Å²) in [4.78, 5) is 3.98. The first-order valence-corrected chi connectivity index (χ1v) is 7.72. The third-order valence-electron chi connectivity index (χ3n) is 3.33. The summed E-state index contributed by atoms with van der Waals surface area (Å²) in [5.41, 5.74) is 3.22. The van der Waals surface area contributed by atoms with E-state index in [1.54, 1.807) is 18.5 Å². The molecule has 1 heterocycles. The molecule has 3 nitrogen and oxygen atoms in total. The van der Waals surface area contributed by atoms with E-state index in [4.69, 9.17) is 12.2 Å². The molecule has 1 aromatic heterocycles. The molecule has 24 heavy (non-hydrogen) atoms. The van der Waals surface area contributed by atoms with Crippen LogP contribution in [-0.4, -0.2) is 18.2 Å². The Morgan fingerprint density at radius 3 is 2.79 bits per heavy atom. The van der Waals surface area contributed by atoms with Crippen LogP contribution in [0.1, 0.15) is 18.1 Å². The van der Waals surface area contributed by atoms with E-state index in [0.717, 1.165) is 16.7 Å². The Kier molecular flexibility index (Phi) is 6.78. The molecule has 0 bridgehead atoms. The molecule has 0 aliphatic heterocycles. The molecular formula is C20H20BN2O. The average Bonchev–Trinajstić information content (AvgIpc) is 2.62. The number of aromatic nitrogens is 1. The second-order valence-electron chi connectivity index (χ2n) is 5.04. The van der Waals surface area contributed by atoms with Gasteiger partial charge in [-0.2, -0.15) is 0 Å². The minimum absolute atomic E-state index is 0.257. The van der Waals surface area contributed by atoms with Crippen LogP contribution in [0.15, 0.2) is 79.7 Å². The van der Waals surface area contributed by atoms with Crippen molar-refractivity contribution >= 4 is 18.8 Å². The molecule has 119 valence electrons. The summed E-state index contributed by atoms with van der Waals surface area (Å²) >= 11 is 0. The second kappa shape index (κ2) is 9.31. The van der Waals surface area contributed by atoms with E-state index in [2.05, 4.69) is 16.9 Å². The van der Waals surface area contributed by atoms with Crippen LogP contribution < -0.4 is 10.1 Å². The Bertz CT molecular complexity index is 751. The summed E-state index contributed by atoms with van der Waals surface area (Å²) < 4.78 is 5.67. The summed E-state index contributed by atoms with van der Waals surface area (Å²) in [7, 11) is 5.92. The Morgan fingerprint density at radius 2 is 2.08 bits per heavy atom. The van der Waals surface area contributed by atoms with E-state index in [1.165, 1.54) is 0 Å². The van der Waals surface area contributed by atoms with Gasteiger partial charge in [-0.1, -0.05) is 0 Å². The molecule has 1 N–H and O–H groups in total. The van der Waals surface area contributed by atoms with Gasteiger partial charge in [0.1, 0.15) is 0 Å². The summed E-state index contributed by atoms with van der Waals surface area (Å²) in [6, 6.07) is 11.6. The predicted octanol–water partition coefficient (Wildman–Crippen LogP) is 3.65. The summed E-state index contributed by atoms with van der Waals surface area (Å²) in [6.07, 6.45) is 11.2. The SMILES string of the molecule is [B]=C(NCc1ccncc1)Oc1cccc(C(/C=C\C=C)=C/C)c1. The van der Waals surface area contributed by atoms with E-state index in [1.807, 2.05) is 61.5 Å². The van der Waals surface area contributed by atoms with Gasteiger partial charge in [0, 0.05) is 0 Å². The number of ether oxygens (including phenoxy) is 1. The number of hydrogen-bond acceptors (Lipinski definition) is 3. The van der Waals surface area contributed by atoms with Crippen LogP contribution in [0.5, 0.6) is 5.75 Å². The molecule has 0 atom stereocenters. The first-order chi connectivity index (χ1) is 11.7. The van der Waals surface area contributed by atoms with Gasteiger partial charge >= 0.3 is 144 Å². The van der Waals surface area contributed by atoms with Crippen molar-refractivity contribution in [3.8, 4) is 5.75 Å². The molecular weight excluding hydrogens is 295 g/mol. The molecule has 0 fully saturated rings. The van der Waals surface area contributed by atoms with Crippen molar-refractivity contribution in [2.75, 3.05) is 0 Å². The molecule has 1 radical (unpaired) electrons. The quantitative estimate of drug-likeness (QED) is 0.596. The minimum atomic E-state index is 0.257. The van der Waals surface area contributed by atoms with Crippen LogP contribution in [0.2, 0.25) is 0 Å². The molecule has 2 rings (SSSR count). The molecule has 0 aliphatic rings.